The van der Waals surface area contributed by atoms with E-state index in [2.05, 4.69) is 34.9 Å². The minimum absolute atomic E-state index is 0.00168. The third-order valence-corrected chi connectivity index (χ3v) is 7.69. The van der Waals surface area contributed by atoms with Crippen LogP contribution in [0.3, 0.4) is 0 Å². The lowest BCUT2D eigenvalue weighted by molar-refractivity contribution is 0.0996. The molecule has 0 saturated heterocycles. The molecule has 3 aromatic carbocycles. The molecule has 0 radical (unpaired) electrons. The summed E-state index contributed by atoms with van der Waals surface area (Å²) in [7, 11) is 0. The molecule has 0 spiro atoms. The smallest absolute Gasteiger partial charge is 0.407 e. The Hall–Kier alpha value is -3.22. The minimum atomic E-state index is -0.494. The Kier molecular flexibility index (Phi) is 7.63. The van der Waals surface area contributed by atoms with E-state index in [0.717, 1.165) is 31.2 Å². The number of alkyl carbamates (subject to hydrolysis) is 1. The van der Waals surface area contributed by atoms with Gasteiger partial charge in [0.2, 0.25) is 0 Å². The SMILES string of the molecule is O=C(N[C@@H](Cc1ccccc1)C(=S)N[C@@H]1CCCC[C@H]1O)OCC1c2ccccc2-c2ccccc21. The second-order valence-corrected chi connectivity index (χ2v) is 10.1. The third-order valence-electron chi connectivity index (χ3n) is 7.29. The first kappa shape index (κ1) is 24.5. The molecular formula is C30H32N2O3S. The summed E-state index contributed by atoms with van der Waals surface area (Å²) < 4.78 is 5.78. The van der Waals surface area contributed by atoms with Crippen LogP contribution >= 0.6 is 12.2 Å². The maximum atomic E-state index is 13.0. The molecule has 0 bridgehead atoms. The zero-order valence-electron chi connectivity index (χ0n) is 20.2. The molecule has 0 heterocycles. The lowest BCUT2D eigenvalue weighted by Crippen LogP contribution is -2.53. The van der Waals surface area contributed by atoms with Gasteiger partial charge in [-0.25, -0.2) is 4.79 Å². The number of hydrogen-bond acceptors (Lipinski definition) is 4. The first-order valence-electron chi connectivity index (χ1n) is 12.7. The zero-order chi connectivity index (χ0) is 24.9. The Morgan fingerprint density at radius 3 is 2.19 bits per heavy atom. The first-order valence-corrected chi connectivity index (χ1v) is 13.1. The molecule has 3 aromatic rings. The monoisotopic (exact) mass is 500 g/mol. The van der Waals surface area contributed by atoms with Crippen LogP contribution in [-0.2, 0) is 11.2 Å². The van der Waals surface area contributed by atoms with Gasteiger partial charge in [-0.15, -0.1) is 0 Å². The molecule has 1 fully saturated rings. The van der Waals surface area contributed by atoms with E-state index in [1.54, 1.807) is 0 Å². The van der Waals surface area contributed by atoms with Crippen molar-refractivity contribution in [1.82, 2.24) is 10.6 Å². The zero-order valence-corrected chi connectivity index (χ0v) is 21.0. The van der Waals surface area contributed by atoms with Gasteiger partial charge in [-0.1, -0.05) is 104 Å². The van der Waals surface area contributed by atoms with Crippen molar-refractivity contribution in [2.75, 3.05) is 6.61 Å². The fourth-order valence-corrected chi connectivity index (χ4v) is 5.70. The predicted molar refractivity (Wildman–Crippen MR) is 146 cm³/mol. The Balaban J connectivity index is 1.27. The quantitative estimate of drug-likeness (QED) is 0.381. The summed E-state index contributed by atoms with van der Waals surface area (Å²) in [5, 5.41) is 16.7. The molecule has 0 aromatic heterocycles. The van der Waals surface area contributed by atoms with E-state index in [1.165, 1.54) is 22.3 Å². The maximum Gasteiger partial charge on any atom is 0.407 e. The van der Waals surface area contributed by atoms with E-state index in [9.17, 15) is 9.90 Å². The van der Waals surface area contributed by atoms with Crippen LogP contribution in [0.15, 0.2) is 78.9 Å². The van der Waals surface area contributed by atoms with Crippen molar-refractivity contribution in [3.63, 3.8) is 0 Å². The van der Waals surface area contributed by atoms with Crippen LogP contribution < -0.4 is 10.6 Å². The van der Waals surface area contributed by atoms with Crippen molar-refractivity contribution in [3.8, 4) is 11.1 Å². The minimum Gasteiger partial charge on any atom is -0.449 e. The number of hydrogen-bond donors (Lipinski definition) is 3. The van der Waals surface area contributed by atoms with Crippen LogP contribution in [-0.4, -0.2) is 41.0 Å². The number of nitrogens with one attached hydrogen (secondary N) is 2. The number of ether oxygens (including phenoxy) is 1. The largest absolute Gasteiger partial charge is 0.449 e. The van der Waals surface area contributed by atoms with Crippen LogP contribution in [0.25, 0.3) is 11.1 Å². The summed E-state index contributed by atoms with van der Waals surface area (Å²) in [4.78, 5) is 13.5. The molecule has 6 heteroatoms. The maximum absolute atomic E-state index is 13.0. The molecule has 1 amide bonds. The van der Waals surface area contributed by atoms with Crippen molar-refractivity contribution in [2.45, 2.75) is 56.2 Å². The highest BCUT2D eigenvalue weighted by atomic mass is 32.1. The van der Waals surface area contributed by atoms with Gasteiger partial charge >= 0.3 is 6.09 Å². The van der Waals surface area contributed by atoms with Crippen LogP contribution in [0.4, 0.5) is 4.79 Å². The summed E-state index contributed by atoms with van der Waals surface area (Å²) in [5.41, 5.74) is 5.81. The van der Waals surface area contributed by atoms with Gasteiger partial charge in [-0.05, 0) is 47.1 Å². The normalized spacial score (nSPS) is 19.6. The van der Waals surface area contributed by atoms with Gasteiger partial charge in [-0.3, -0.25) is 0 Å². The second kappa shape index (κ2) is 11.2. The van der Waals surface area contributed by atoms with Crippen LogP contribution in [0.5, 0.6) is 0 Å². The highest BCUT2D eigenvalue weighted by Crippen LogP contribution is 2.44. The average Bonchev–Trinajstić information content (AvgIpc) is 3.23. The highest BCUT2D eigenvalue weighted by molar-refractivity contribution is 7.80. The van der Waals surface area contributed by atoms with E-state index >= 15 is 0 Å². The van der Waals surface area contributed by atoms with E-state index in [0.29, 0.717) is 11.4 Å². The van der Waals surface area contributed by atoms with Crippen LogP contribution in [0.2, 0.25) is 0 Å². The number of carbonyl (C=O) groups excluding carboxylic acids is 1. The van der Waals surface area contributed by atoms with Crippen LogP contribution in [0.1, 0.15) is 48.3 Å². The first-order chi connectivity index (χ1) is 17.6. The molecule has 36 heavy (non-hydrogen) atoms. The van der Waals surface area contributed by atoms with Gasteiger partial charge in [0.15, 0.2) is 0 Å². The number of carbonyl (C=O) groups is 1. The van der Waals surface area contributed by atoms with Crippen molar-refractivity contribution >= 4 is 23.3 Å². The van der Waals surface area contributed by atoms with Gasteiger partial charge in [0.25, 0.3) is 0 Å². The number of aliphatic hydroxyl groups is 1. The van der Waals surface area contributed by atoms with Crippen molar-refractivity contribution in [3.05, 3.63) is 95.6 Å². The summed E-state index contributed by atoms with van der Waals surface area (Å²) >= 11 is 5.73. The van der Waals surface area contributed by atoms with Gasteiger partial charge < -0.3 is 20.5 Å². The topological polar surface area (TPSA) is 70.6 Å². The van der Waals surface area contributed by atoms with Crippen molar-refractivity contribution < 1.29 is 14.6 Å². The Morgan fingerprint density at radius 2 is 1.53 bits per heavy atom. The summed E-state index contributed by atoms with van der Waals surface area (Å²) in [5.74, 6) is -0.00168. The van der Waals surface area contributed by atoms with Gasteiger partial charge in [0, 0.05) is 5.92 Å². The standard InChI is InChI=1S/C30H32N2O3S/c33-28-17-9-8-16-26(28)31-29(36)27(18-20-10-2-1-3-11-20)32-30(34)35-19-25-23-14-6-4-12-21(23)22-13-5-7-15-24(22)25/h1-7,10-15,25-28,33H,8-9,16-19H2,(H,31,36)(H,32,34)/t26-,27+,28-/m1/s1. The van der Waals surface area contributed by atoms with Crippen molar-refractivity contribution in [2.24, 2.45) is 0 Å². The lowest BCUT2D eigenvalue weighted by atomic mass is 9.92. The second-order valence-electron chi connectivity index (χ2n) is 9.68. The molecule has 2 aliphatic rings. The number of aliphatic hydroxyl groups excluding tert-OH is 1. The number of amides is 1. The average molecular weight is 501 g/mol. The molecule has 5 rings (SSSR count). The molecule has 3 N–H and O–H groups in total. The molecule has 0 unspecified atom stereocenters. The fraction of sp³-hybridized carbons (Fsp3) is 0.333. The highest BCUT2D eigenvalue weighted by Gasteiger charge is 2.30. The lowest BCUT2D eigenvalue weighted by Gasteiger charge is -2.31. The Labute approximate surface area is 217 Å². The Bertz CT molecular complexity index is 1170. The molecule has 3 atom stereocenters. The van der Waals surface area contributed by atoms with E-state index < -0.39 is 18.2 Å². The van der Waals surface area contributed by atoms with Gasteiger partial charge in [0.1, 0.15) is 6.61 Å². The molecule has 1 saturated carbocycles. The summed E-state index contributed by atoms with van der Waals surface area (Å²) in [6.45, 7) is 0.249. The number of fused-ring (bicyclic) bond motifs is 3. The van der Waals surface area contributed by atoms with Gasteiger partial charge in [-0.2, -0.15) is 0 Å². The van der Waals surface area contributed by atoms with E-state index in [-0.39, 0.29) is 18.6 Å². The fourth-order valence-electron chi connectivity index (χ4n) is 5.40. The van der Waals surface area contributed by atoms with Crippen LogP contribution in [0, 0.1) is 0 Å². The molecule has 2 aliphatic carbocycles. The van der Waals surface area contributed by atoms with Gasteiger partial charge in [0.05, 0.1) is 23.2 Å². The number of benzene rings is 3. The van der Waals surface area contributed by atoms with Crippen molar-refractivity contribution in [1.29, 1.82) is 0 Å². The predicted octanol–water partition coefficient (Wildman–Crippen LogP) is 5.36. The van der Waals surface area contributed by atoms with E-state index in [1.807, 2.05) is 54.6 Å². The summed E-state index contributed by atoms with van der Waals surface area (Å²) in [6, 6.07) is 26.0. The molecule has 186 valence electrons. The third kappa shape index (κ3) is 5.45. The molecular weight excluding hydrogens is 468 g/mol. The molecule has 5 nitrogen and oxygen atoms in total. The summed E-state index contributed by atoms with van der Waals surface area (Å²) in [6.07, 6.45) is 3.33. The number of thiocarbonyl (C=S) groups is 1. The number of rotatable bonds is 7. The Morgan fingerprint density at radius 1 is 0.917 bits per heavy atom. The molecule has 0 aliphatic heterocycles. The van der Waals surface area contributed by atoms with E-state index in [4.69, 9.17) is 17.0 Å².